The van der Waals surface area contributed by atoms with Crippen molar-refractivity contribution in [3.8, 4) is 0 Å². The molecule has 0 atom stereocenters. The molecule has 0 radical (unpaired) electrons. The normalized spacial score (nSPS) is 12.2. The number of rotatable bonds is 7. The fraction of sp³-hybridized carbons (Fsp3) is 0.300. The van der Waals surface area contributed by atoms with Crippen molar-refractivity contribution < 1.29 is 4.74 Å². The molecule has 1 heteroatoms. The maximum absolute atomic E-state index is 5.68. The van der Waals surface area contributed by atoms with Crippen molar-refractivity contribution in [1.82, 2.24) is 0 Å². The lowest BCUT2D eigenvalue weighted by Gasteiger charge is -2.06. The van der Waals surface area contributed by atoms with E-state index in [9.17, 15) is 0 Å². The first-order chi connectivity index (χ1) is 10.3. The van der Waals surface area contributed by atoms with Crippen LogP contribution in [0, 0.1) is 0 Å². The summed E-state index contributed by atoms with van der Waals surface area (Å²) in [6.07, 6.45) is 9.74. The molecule has 0 heterocycles. The van der Waals surface area contributed by atoms with E-state index >= 15 is 0 Å². The van der Waals surface area contributed by atoms with Gasteiger partial charge in [0.05, 0.1) is 12.4 Å². The lowest BCUT2D eigenvalue weighted by atomic mass is 10.0. The molecular formula is C20H24O. The highest BCUT2D eigenvalue weighted by Gasteiger charge is 1.97. The Morgan fingerprint density at radius 1 is 1.05 bits per heavy atom. The van der Waals surface area contributed by atoms with Crippen LogP contribution in [-0.2, 0) is 4.74 Å². The van der Waals surface area contributed by atoms with Gasteiger partial charge < -0.3 is 4.74 Å². The van der Waals surface area contributed by atoms with Gasteiger partial charge in [0.15, 0.2) is 0 Å². The molecule has 2 rings (SSSR count). The second-order valence-electron chi connectivity index (χ2n) is 5.10. The molecule has 0 aliphatic heterocycles. The number of hydrogen-bond acceptors (Lipinski definition) is 1. The van der Waals surface area contributed by atoms with Gasteiger partial charge in [0.1, 0.15) is 0 Å². The molecule has 0 saturated carbocycles. The van der Waals surface area contributed by atoms with Gasteiger partial charge >= 0.3 is 0 Å². The highest BCUT2D eigenvalue weighted by atomic mass is 16.5. The third-order valence-electron chi connectivity index (χ3n) is 3.49. The molecule has 1 nitrogen and oxygen atoms in total. The largest absolute Gasteiger partial charge is 0.498 e. The summed E-state index contributed by atoms with van der Waals surface area (Å²) in [7, 11) is 0. The zero-order chi connectivity index (χ0) is 14.9. The van der Waals surface area contributed by atoms with Gasteiger partial charge in [0.2, 0.25) is 0 Å². The van der Waals surface area contributed by atoms with Gasteiger partial charge in [-0.3, -0.25) is 0 Å². The lowest BCUT2D eigenvalue weighted by Crippen LogP contribution is -1.91. The maximum atomic E-state index is 5.68. The highest BCUT2D eigenvalue weighted by Crippen LogP contribution is 2.20. The molecule has 110 valence electrons. The van der Waals surface area contributed by atoms with Crippen molar-refractivity contribution in [3.63, 3.8) is 0 Å². The van der Waals surface area contributed by atoms with E-state index in [-0.39, 0.29) is 0 Å². The van der Waals surface area contributed by atoms with Crippen LogP contribution in [0.1, 0.15) is 38.7 Å². The van der Waals surface area contributed by atoms with Crippen LogP contribution < -0.4 is 0 Å². The smallest absolute Gasteiger partial charge is 0.0959 e. The zero-order valence-corrected chi connectivity index (χ0v) is 13.0. The fourth-order valence-electron chi connectivity index (χ4n) is 2.39. The van der Waals surface area contributed by atoms with Crippen LogP contribution in [0.5, 0.6) is 0 Å². The van der Waals surface area contributed by atoms with Gasteiger partial charge in [0.25, 0.3) is 0 Å². The van der Waals surface area contributed by atoms with Crippen LogP contribution >= 0.6 is 0 Å². The Morgan fingerprint density at radius 2 is 1.86 bits per heavy atom. The van der Waals surface area contributed by atoms with Crippen molar-refractivity contribution >= 4 is 16.8 Å². The number of fused-ring (bicyclic) bond motifs is 1. The predicted octanol–water partition coefficient (Wildman–Crippen LogP) is 5.96. The molecule has 0 saturated heterocycles. The summed E-state index contributed by atoms with van der Waals surface area (Å²) in [5.41, 5.74) is 1.25. The second kappa shape index (κ2) is 8.31. The summed E-state index contributed by atoms with van der Waals surface area (Å²) in [5, 5.41) is 2.57. The zero-order valence-electron chi connectivity index (χ0n) is 13.0. The van der Waals surface area contributed by atoms with E-state index in [4.69, 9.17) is 4.74 Å². The van der Waals surface area contributed by atoms with E-state index < -0.39 is 0 Å². The molecule has 0 amide bonds. The summed E-state index contributed by atoms with van der Waals surface area (Å²) in [6.45, 7) is 4.97. The minimum absolute atomic E-state index is 0.734. The van der Waals surface area contributed by atoms with Crippen LogP contribution in [0.15, 0.2) is 60.4 Å². The molecule has 2 aromatic rings. The number of ether oxygens (including phenoxy) is 1. The minimum atomic E-state index is 0.734. The molecule has 0 aliphatic carbocycles. The number of allylic oxidation sites excluding steroid dienone is 3. The first-order valence-electron chi connectivity index (χ1n) is 7.83. The third kappa shape index (κ3) is 4.49. The molecule has 0 fully saturated rings. The van der Waals surface area contributed by atoms with Gasteiger partial charge in [-0.15, -0.1) is 0 Å². The number of hydrogen-bond donors (Lipinski definition) is 0. The Hall–Kier alpha value is -2.02. The molecule has 0 spiro atoms. The van der Waals surface area contributed by atoms with E-state index in [1.807, 2.05) is 6.92 Å². The van der Waals surface area contributed by atoms with Crippen LogP contribution in [0.2, 0.25) is 0 Å². The van der Waals surface area contributed by atoms with E-state index in [2.05, 4.69) is 67.6 Å². The molecule has 0 N–H and O–H groups in total. The van der Waals surface area contributed by atoms with E-state index in [1.54, 1.807) is 0 Å². The summed E-state index contributed by atoms with van der Waals surface area (Å²) >= 11 is 0. The van der Waals surface area contributed by atoms with Crippen molar-refractivity contribution in [3.05, 3.63) is 65.9 Å². The van der Waals surface area contributed by atoms with Gasteiger partial charge in [-0.1, -0.05) is 68.0 Å². The summed E-state index contributed by atoms with van der Waals surface area (Å²) in [5.74, 6) is 1.08. The molecular weight excluding hydrogens is 256 g/mol. The minimum Gasteiger partial charge on any atom is -0.498 e. The summed E-state index contributed by atoms with van der Waals surface area (Å²) < 4.78 is 5.68. The Bertz CT molecular complexity index is 617. The highest BCUT2D eigenvalue weighted by molar-refractivity contribution is 5.90. The average molecular weight is 280 g/mol. The lowest BCUT2D eigenvalue weighted by molar-refractivity contribution is 0.217. The summed E-state index contributed by atoms with van der Waals surface area (Å²) in [4.78, 5) is 0. The Kier molecular flexibility index (Phi) is 6.08. The molecule has 2 aromatic carbocycles. The monoisotopic (exact) mass is 280 g/mol. The van der Waals surface area contributed by atoms with Gasteiger partial charge in [0, 0.05) is 6.42 Å². The topological polar surface area (TPSA) is 9.23 Å². The first kappa shape index (κ1) is 15.4. The van der Waals surface area contributed by atoms with Gasteiger partial charge in [-0.25, -0.2) is 0 Å². The standard InChI is InChI=1S/C20H24O/c1-3-5-14-19(21-4-2)15-9-13-18-12-8-11-17-10-6-7-16-20(17)18/h6-13,15-16H,3-5,14H2,1-2H3. The number of unbranched alkanes of at least 4 members (excludes halogenated alkanes) is 1. The molecule has 0 unspecified atom stereocenters. The van der Waals surface area contributed by atoms with Crippen LogP contribution in [-0.4, -0.2) is 6.61 Å². The van der Waals surface area contributed by atoms with Crippen molar-refractivity contribution in [1.29, 1.82) is 0 Å². The average Bonchev–Trinajstić information content (AvgIpc) is 2.53. The van der Waals surface area contributed by atoms with Crippen LogP contribution in [0.25, 0.3) is 16.8 Å². The number of benzene rings is 2. The van der Waals surface area contributed by atoms with Gasteiger partial charge in [-0.05, 0) is 35.8 Å². The predicted molar refractivity (Wildman–Crippen MR) is 92.2 cm³/mol. The molecule has 21 heavy (non-hydrogen) atoms. The second-order valence-corrected chi connectivity index (χ2v) is 5.10. The van der Waals surface area contributed by atoms with E-state index in [0.717, 1.165) is 18.8 Å². The molecule has 0 aromatic heterocycles. The van der Waals surface area contributed by atoms with Crippen LogP contribution in [0.3, 0.4) is 0 Å². The van der Waals surface area contributed by atoms with Crippen molar-refractivity contribution in [2.75, 3.05) is 6.61 Å². The van der Waals surface area contributed by atoms with E-state index in [0.29, 0.717) is 0 Å². The Balaban J connectivity index is 2.18. The van der Waals surface area contributed by atoms with Crippen molar-refractivity contribution in [2.45, 2.75) is 33.1 Å². The Labute approximate surface area is 127 Å². The van der Waals surface area contributed by atoms with Crippen molar-refractivity contribution in [2.24, 2.45) is 0 Å². The van der Waals surface area contributed by atoms with E-state index in [1.165, 1.54) is 29.2 Å². The summed E-state index contributed by atoms with van der Waals surface area (Å²) in [6, 6.07) is 14.9. The van der Waals surface area contributed by atoms with Gasteiger partial charge in [-0.2, -0.15) is 0 Å². The maximum Gasteiger partial charge on any atom is 0.0959 e. The van der Waals surface area contributed by atoms with Crippen LogP contribution in [0.4, 0.5) is 0 Å². The molecule has 0 aliphatic rings. The Morgan fingerprint density at radius 3 is 2.67 bits per heavy atom. The molecule has 0 bridgehead atoms. The fourth-order valence-corrected chi connectivity index (χ4v) is 2.39. The first-order valence-corrected chi connectivity index (χ1v) is 7.83. The third-order valence-corrected chi connectivity index (χ3v) is 3.49. The SMILES string of the molecule is CCCCC(=CC=Cc1cccc2ccccc12)OCC. The quantitative estimate of drug-likeness (QED) is 0.449.